The van der Waals surface area contributed by atoms with E-state index in [1.807, 2.05) is 37.3 Å². The lowest BCUT2D eigenvalue weighted by Crippen LogP contribution is -2.42. The molecular formula is C17H20N2O2S2. The van der Waals surface area contributed by atoms with E-state index in [-0.39, 0.29) is 5.91 Å². The first-order valence-corrected chi connectivity index (χ1v) is 8.99. The van der Waals surface area contributed by atoms with Crippen LogP contribution in [0.1, 0.15) is 11.1 Å². The molecule has 0 aromatic heterocycles. The number of thioether (sulfide) groups is 1. The van der Waals surface area contributed by atoms with Gasteiger partial charge in [0.1, 0.15) is 4.32 Å². The van der Waals surface area contributed by atoms with Gasteiger partial charge in [0.15, 0.2) is 0 Å². The van der Waals surface area contributed by atoms with E-state index in [1.54, 1.807) is 4.90 Å². The van der Waals surface area contributed by atoms with Crippen LogP contribution in [-0.4, -0.2) is 59.4 Å². The number of ether oxygens (including phenoxy) is 1. The second-order valence-electron chi connectivity index (χ2n) is 5.64. The van der Waals surface area contributed by atoms with Crippen LogP contribution >= 0.6 is 24.0 Å². The van der Waals surface area contributed by atoms with E-state index in [9.17, 15) is 4.79 Å². The first-order chi connectivity index (χ1) is 11.1. The predicted molar refractivity (Wildman–Crippen MR) is 98.3 cm³/mol. The molecule has 2 aliphatic rings. The van der Waals surface area contributed by atoms with Gasteiger partial charge in [0.2, 0.25) is 0 Å². The van der Waals surface area contributed by atoms with Crippen LogP contribution in [0.25, 0.3) is 6.08 Å². The Kier molecular flexibility index (Phi) is 5.48. The molecule has 0 radical (unpaired) electrons. The monoisotopic (exact) mass is 348 g/mol. The molecule has 0 bridgehead atoms. The molecule has 1 aromatic rings. The minimum Gasteiger partial charge on any atom is -0.379 e. The number of rotatable bonds is 4. The molecule has 1 aromatic carbocycles. The predicted octanol–water partition coefficient (Wildman–Crippen LogP) is 2.53. The summed E-state index contributed by atoms with van der Waals surface area (Å²) in [6.45, 7) is 6.92. The van der Waals surface area contributed by atoms with Crippen LogP contribution < -0.4 is 0 Å². The van der Waals surface area contributed by atoms with Gasteiger partial charge in [0.05, 0.1) is 18.1 Å². The minimum absolute atomic E-state index is 0.0245. The molecule has 2 aliphatic heterocycles. The van der Waals surface area contributed by atoms with Crippen molar-refractivity contribution in [3.05, 3.63) is 40.3 Å². The van der Waals surface area contributed by atoms with Gasteiger partial charge < -0.3 is 4.74 Å². The highest BCUT2D eigenvalue weighted by Gasteiger charge is 2.32. The lowest BCUT2D eigenvalue weighted by molar-refractivity contribution is -0.122. The first-order valence-electron chi connectivity index (χ1n) is 7.76. The summed E-state index contributed by atoms with van der Waals surface area (Å²) in [5, 5.41) is 0. The van der Waals surface area contributed by atoms with Gasteiger partial charge in [-0.05, 0) is 24.1 Å². The molecular weight excluding hydrogens is 328 g/mol. The van der Waals surface area contributed by atoms with E-state index in [4.69, 9.17) is 17.0 Å². The third kappa shape index (κ3) is 4.01. The van der Waals surface area contributed by atoms with E-state index in [0.29, 0.717) is 15.8 Å². The zero-order valence-electron chi connectivity index (χ0n) is 13.2. The van der Waals surface area contributed by atoms with Crippen LogP contribution in [-0.2, 0) is 9.53 Å². The number of benzene rings is 1. The van der Waals surface area contributed by atoms with E-state index in [0.717, 1.165) is 44.0 Å². The second-order valence-corrected chi connectivity index (χ2v) is 7.32. The molecule has 0 aliphatic carbocycles. The molecule has 23 heavy (non-hydrogen) atoms. The highest BCUT2D eigenvalue weighted by molar-refractivity contribution is 8.26. The lowest BCUT2D eigenvalue weighted by atomic mass is 10.1. The molecule has 0 saturated carbocycles. The fraction of sp³-hybridized carbons (Fsp3) is 0.412. The van der Waals surface area contributed by atoms with Gasteiger partial charge in [-0.1, -0.05) is 48.2 Å². The van der Waals surface area contributed by atoms with Gasteiger partial charge >= 0.3 is 0 Å². The van der Waals surface area contributed by atoms with Crippen molar-refractivity contribution in [2.24, 2.45) is 0 Å². The first kappa shape index (κ1) is 16.6. The molecule has 1 amide bonds. The Bertz CT molecular complexity index is 639. The van der Waals surface area contributed by atoms with Crippen molar-refractivity contribution in [2.45, 2.75) is 6.92 Å². The maximum absolute atomic E-state index is 12.6. The van der Waals surface area contributed by atoms with Crippen LogP contribution in [0.2, 0.25) is 0 Å². The minimum atomic E-state index is 0.0245. The van der Waals surface area contributed by atoms with Gasteiger partial charge in [-0.3, -0.25) is 14.6 Å². The zero-order valence-corrected chi connectivity index (χ0v) is 14.8. The Morgan fingerprint density at radius 1 is 1.26 bits per heavy atom. The number of aryl methyl sites for hydroxylation is 1. The maximum atomic E-state index is 12.6. The third-order valence-corrected chi connectivity index (χ3v) is 5.47. The number of thiocarbonyl (C=S) groups is 1. The summed E-state index contributed by atoms with van der Waals surface area (Å²) >= 11 is 6.79. The molecule has 0 atom stereocenters. The highest BCUT2D eigenvalue weighted by atomic mass is 32.2. The van der Waals surface area contributed by atoms with Crippen LogP contribution in [0.5, 0.6) is 0 Å². The number of amides is 1. The lowest BCUT2D eigenvalue weighted by Gasteiger charge is -2.28. The zero-order chi connectivity index (χ0) is 16.2. The van der Waals surface area contributed by atoms with Crippen molar-refractivity contribution in [2.75, 3.05) is 39.4 Å². The fourth-order valence-corrected chi connectivity index (χ4v) is 3.95. The summed E-state index contributed by atoms with van der Waals surface area (Å²) in [5.74, 6) is 0.0245. The van der Waals surface area contributed by atoms with Crippen LogP contribution in [0.3, 0.4) is 0 Å². The Labute approximate surface area is 146 Å². The van der Waals surface area contributed by atoms with Crippen LogP contribution in [0.15, 0.2) is 29.2 Å². The Morgan fingerprint density at radius 2 is 2.00 bits per heavy atom. The SMILES string of the molecule is Cc1ccccc1/C=C1\SC(=S)N(CCN2CCOCC2)C1=O. The van der Waals surface area contributed by atoms with Gasteiger partial charge in [-0.25, -0.2) is 0 Å². The Morgan fingerprint density at radius 3 is 2.74 bits per heavy atom. The summed E-state index contributed by atoms with van der Waals surface area (Å²) in [5.41, 5.74) is 2.23. The molecule has 0 spiro atoms. The summed E-state index contributed by atoms with van der Waals surface area (Å²) in [7, 11) is 0. The summed E-state index contributed by atoms with van der Waals surface area (Å²) in [4.78, 5) is 17.4. The number of nitrogens with zero attached hydrogens (tertiary/aromatic N) is 2. The Hall–Kier alpha value is -1.21. The molecule has 0 unspecified atom stereocenters. The van der Waals surface area contributed by atoms with E-state index < -0.39 is 0 Å². The van der Waals surface area contributed by atoms with Gasteiger partial charge in [-0.15, -0.1) is 0 Å². The molecule has 3 rings (SSSR count). The van der Waals surface area contributed by atoms with Crippen molar-refractivity contribution in [1.82, 2.24) is 9.80 Å². The van der Waals surface area contributed by atoms with Crippen molar-refractivity contribution in [3.63, 3.8) is 0 Å². The van der Waals surface area contributed by atoms with Crippen molar-refractivity contribution < 1.29 is 9.53 Å². The molecule has 0 N–H and O–H groups in total. The van der Waals surface area contributed by atoms with E-state index >= 15 is 0 Å². The Balaban J connectivity index is 1.66. The second kappa shape index (κ2) is 7.57. The topological polar surface area (TPSA) is 32.8 Å². The highest BCUT2D eigenvalue weighted by Crippen LogP contribution is 2.32. The van der Waals surface area contributed by atoms with Crippen molar-refractivity contribution in [1.29, 1.82) is 0 Å². The summed E-state index contributed by atoms with van der Waals surface area (Å²) in [6, 6.07) is 8.05. The molecule has 2 heterocycles. The van der Waals surface area contributed by atoms with Crippen LogP contribution in [0.4, 0.5) is 0 Å². The fourth-order valence-electron chi connectivity index (χ4n) is 2.65. The smallest absolute Gasteiger partial charge is 0.266 e. The molecule has 4 nitrogen and oxygen atoms in total. The third-order valence-electron chi connectivity index (χ3n) is 4.09. The van der Waals surface area contributed by atoms with Crippen molar-refractivity contribution >= 4 is 40.3 Å². The van der Waals surface area contributed by atoms with E-state index in [1.165, 1.54) is 11.8 Å². The molecule has 122 valence electrons. The van der Waals surface area contributed by atoms with Gasteiger partial charge in [-0.2, -0.15) is 0 Å². The largest absolute Gasteiger partial charge is 0.379 e. The summed E-state index contributed by atoms with van der Waals surface area (Å²) < 4.78 is 6.00. The normalized spacial score (nSPS) is 21.4. The number of morpholine rings is 1. The molecule has 2 fully saturated rings. The van der Waals surface area contributed by atoms with Gasteiger partial charge in [0.25, 0.3) is 5.91 Å². The number of hydrogen-bond donors (Lipinski definition) is 0. The average molecular weight is 348 g/mol. The average Bonchev–Trinajstić information content (AvgIpc) is 2.82. The standard InChI is InChI=1S/C17H20N2O2S2/c1-13-4-2-3-5-14(13)12-15-16(20)19(17(22)23-15)7-6-18-8-10-21-11-9-18/h2-5,12H,6-11H2,1H3/b15-12-. The van der Waals surface area contributed by atoms with Crippen LogP contribution in [0, 0.1) is 6.92 Å². The van der Waals surface area contributed by atoms with E-state index in [2.05, 4.69) is 4.90 Å². The maximum Gasteiger partial charge on any atom is 0.266 e. The number of hydrogen-bond acceptors (Lipinski definition) is 5. The molecule has 6 heteroatoms. The quantitative estimate of drug-likeness (QED) is 0.617. The number of carbonyl (C=O) groups excluding carboxylic acids is 1. The number of carbonyl (C=O) groups is 1. The van der Waals surface area contributed by atoms with Crippen molar-refractivity contribution in [3.8, 4) is 0 Å². The van der Waals surface area contributed by atoms with Gasteiger partial charge in [0, 0.05) is 26.2 Å². The molecule has 2 saturated heterocycles. The summed E-state index contributed by atoms with van der Waals surface area (Å²) in [6.07, 6.45) is 1.95.